The van der Waals surface area contributed by atoms with Crippen LogP contribution in [0.25, 0.3) is 27.8 Å². The number of rotatable bonds is 6. The summed E-state index contributed by atoms with van der Waals surface area (Å²) in [7, 11) is 5.40. The standard InChI is InChI=1S/C25H31N7O3/c1-5-16-9-21-20(11-19(16)17-10-22(35-4)24-26-15-27-31(24)12-17)28-25(34)32(21)18-7-6-8-30(13-18)23(33)14-29(2)3/h9-12,15,18H,5-8,13-14H2,1-4H3,(H,28,34). The number of H-pyrrole nitrogens is 1. The van der Waals surface area contributed by atoms with Gasteiger partial charge in [0, 0.05) is 24.8 Å². The highest BCUT2D eigenvalue weighted by atomic mass is 16.5. The molecule has 10 nitrogen and oxygen atoms in total. The Kier molecular flexibility index (Phi) is 6.06. The molecule has 3 aromatic heterocycles. The summed E-state index contributed by atoms with van der Waals surface area (Å²) in [5.41, 5.74) is 5.22. The summed E-state index contributed by atoms with van der Waals surface area (Å²) in [6, 6.07) is 6.02. The number of aromatic nitrogens is 5. The van der Waals surface area contributed by atoms with E-state index in [9.17, 15) is 9.59 Å². The number of benzene rings is 1. The van der Waals surface area contributed by atoms with Crippen LogP contribution < -0.4 is 10.4 Å². The number of likely N-dealkylation sites (tertiary alicyclic amines) is 1. The van der Waals surface area contributed by atoms with Crippen LogP contribution in [0.2, 0.25) is 0 Å². The highest BCUT2D eigenvalue weighted by molar-refractivity contribution is 5.85. The number of carbonyl (C=O) groups is 1. The number of pyridine rings is 1. The Balaban J connectivity index is 1.56. The van der Waals surface area contributed by atoms with Gasteiger partial charge in [-0.15, -0.1) is 0 Å². The number of ether oxygens (including phenoxy) is 1. The van der Waals surface area contributed by atoms with E-state index in [1.807, 2.05) is 46.8 Å². The summed E-state index contributed by atoms with van der Waals surface area (Å²) in [6.45, 7) is 3.76. The van der Waals surface area contributed by atoms with Gasteiger partial charge in [-0.1, -0.05) is 6.92 Å². The topological polar surface area (TPSA) is 101 Å². The number of carbonyl (C=O) groups excluding carboxylic acids is 1. The first-order valence-electron chi connectivity index (χ1n) is 12.0. The Labute approximate surface area is 203 Å². The van der Waals surface area contributed by atoms with Crippen molar-refractivity contribution in [1.82, 2.24) is 33.9 Å². The van der Waals surface area contributed by atoms with Crippen molar-refractivity contribution in [3.8, 4) is 16.9 Å². The molecule has 0 radical (unpaired) electrons. The van der Waals surface area contributed by atoms with E-state index in [0.717, 1.165) is 53.5 Å². The third-order valence-corrected chi connectivity index (χ3v) is 6.76. The highest BCUT2D eigenvalue weighted by Gasteiger charge is 2.27. The quantitative estimate of drug-likeness (QED) is 0.458. The number of aryl methyl sites for hydroxylation is 1. The van der Waals surface area contributed by atoms with Crippen LogP contribution in [0.15, 0.2) is 35.5 Å². The van der Waals surface area contributed by atoms with E-state index in [-0.39, 0.29) is 17.6 Å². The molecule has 1 unspecified atom stereocenters. The third kappa shape index (κ3) is 4.18. The number of hydrogen-bond donors (Lipinski definition) is 1. The molecule has 0 aliphatic carbocycles. The van der Waals surface area contributed by atoms with Gasteiger partial charge >= 0.3 is 5.69 Å². The molecule has 5 rings (SSSR count). The first kappa shape index (κ1) is 23.1. The van der Waals surface area contributed by atoms with Crippen molar-refractivity contribution in [3.63, 3.8) is 0 Å². The molecule has 1 fully saturated rings. The average molecular weight is 478 g/mol. The van der Waals surface area contributed by atoms with Crippen molar-refractivity contribution in [2.45, 2.75) is 32.2 Å². The number of likely N-dealkylation sites (N-methyl/N-ethyl adjacent to an activating group) is 1. The van der Waals surface area contributed by atoms with Gasteiger partial charge in [0.05, 0.1) is 30.7 Å². The van der Waals surface area contributed by atoms with E-state index in [2.05, 4.69) is 28.1 Å². The van der Waals surface area contributed by atoms with E-state index >= 15 is 0 Å². The van der Waals surface area contributed by atoms with E-state index in [1.54, 1.807) is 11.6 Å². The lowest BCUT2D eigenvalue weighted by atomic mass is 9.97. The van der Waals surface area contributed by atoms with Crippen LogP contribution in [0.4, 0.5) is 0 Å². The minimum Gasteiger partial charge on any atom is -0.493 e. The first-order chi connectivity index (χ1) is 16.9. The molecule has 1 amide bonds. The lowest BCUT2D eigenvalue weighted by Gasteiger charge is -2.34. The zero-order valence-corrected chi connectivity index (χ0v) is 20.6. The Morgan fingerprint density at radius 3 is 2.86 bits per heavy atom. The van der Waals surface area contributed by atoms with Gasteiger partial charge in [-0.05, 0) is 62.7 Å². The van der Waals surface area contributed by atoms with E-state index < -0.39 is 0 Å². The number of fused-ring (bicyclic) bond motifs is 2. The van der Waals surface area contributed by atoms with Crippen LogP contribution in [-0.2, 0) is 11.2 Å². The minimum atomic E-state index is -0.143. The van der Waals surface area contributed by atoms with Crippen LogP contribution in [0.3, 0.4) is 0 Å². The first-order valence-corrected chi connectivity index (χ1v) is 12.0. The van der Waals surface area contributed by atoms with Gasteiger partial charge in [0.2, 0.25) is 5.91 Å². The maximum atomic E-state index is 13.1. The summed E-state index contributed by atoms with van der Waals surface area (Å²) in [6.07, 6.45) is 5.96. The summed E-state index contributed by atoms with van der Waals surface area (Å²) >= 11 is 0. The lowest BCUT2D eigenvalue weighted by molar-refractivity contribution is -0.133. The molecule has 0 spiro atoms. The van der Waals surface area contributed by atoms with Gasteiger partial charge in [0.1, 0.15) is 6.33 Å². The van der Waals surface area contributed by atoms with Crippen LogP contribution in [-0.4, -0.2) is 80.7 Å². The van der Waals surface area contributed by atoms with Crippen molar-refractivity contribution >= 4 is 22.6 Å². The molecule has 184 valence electrons. The Hall–Kier alpha value is -3.66. The SMILES string of the molecule is CCc1cc2c(cc1-c1cc(OC)c3ncnn3c1)[nH]c(=O)n2C1CCCN(C(=O)CN(C)C)C1. The molecule has 1 aliphatic heterocycles. The highest BCUT2D eigenvalue weighted by Crippen LogP contribution is 2.33. The lowest BCUT2D eigenvalue weighted by Crippen LogP contribution is -2.45. The molecule has 1 atom stereocenters. The summed E-state index contributed by atoms with van der Waals surface area (Å²) < 4.78 is 9.09. The molecular formula is C25H31N7O3. The molecule has 1 N–H and O–H groups in total. The average Bonchev–Trinajstić information content (AvgIpc) is 3.45. The number of imidazole rings is 1. The third-order valence-electron chi connectivity index (χ3n) is 6.76. The second-order valence-corrected chi connectivity index (χ2v) is 9.38. The number of methoxy groups -OCH3 is 1. The van der Waals surface area contributed by atoms with Gasteiger partial charge in [-0.2, -0.15) is 5.10 Å². The number of aromatic amines is 1. The van der Waals surface area contributed by atoms with Crippen molar-refractivity contribution in [2.24, 2.45) is 0 Å². The maximum Gasteiger partial charge on any atom is 0.326 e. The Morgan fingerprint density at radius 1 is 1.29 bits per heavy atom. The molecule has 0 bridgehead atoms. The van der Waals surface area contributed by atoms with Crippen molar-refractivity contribution in [3.05, 3.63) is 46.8 Å². The van der Waals surface area contributed by atoms with Gasteiger partial charge in [-0.25, -0.2) is 14.3 Å². The van der Waals surface area contributed by atoms with E-state index in [1.165, 1.54) is 6.33 Å². The fraction of sp³-hybridized carbons (Fsp3) is 0.440. The second-order valence-electron chi connectivity index (χ2n) is 9.38. The Bertz CT molecular complexity index is 1450. The molecule has 1 aliphatic rings. The molecule has 35 heavy (non-hydrogen) atoms. The second kappa shape index (κ2) is 9.18. The van der Waals surface area contributed by atoms with Crippen molar-refractivity contribution in [2.75, 3.05) is 40.8 Å². The van der Waals surface area contributed by atoms with Crippen LogP contribution in [0, 0.1) is 0 Å². The Morgan fingerprint density at radius 2 is 2.11 bits per heavy atom. The molecule has 10 heteroatoms. The number of hydrogen-bond acceptors (Lipinski definition) is 6. The number of piperidine rings is 1. The largest absolute Gasteiger partial charge is 0.493 e. The van der Waals surface area contributed by atoms with Crippen LogP contribution in [0.5, 0.6) is 5.75 Å². The van der Waals surface area contributed by atoms with Gasteiger partial charge in [0.15, 0.2) is 11.4 Å². The minimum absolute atomic E-state index is 0.0572. The molecule has 4 aromatic rings. The fourth-order valence-electron chi connectivity index (χ4n) is 5.10. The van der Waals surface area contributed by atoms with Crippen LogP contribution in [0.1, 0.15) is 31.4 Å². The molecule has 4 heterocycles. The van der Waals surface area contributed by atoms with Crippen LogP contribution >= 0.6 is 0 Å². The van der Waals surface area contributed by atoms with Crippen molar-refractivity contribution < 1.29 is 9.53 Å². The predicted octanol–water partition coefficient (Wildman–Crippen LogP) is 2.34. The van der Waals surface area contributed by atoms with Gasteiger partial charge in [0.25, 0.3) is 0 Å². The van der Waals surface area contributed by atoms with Gasteiger partial charge in [-0.3, -0.25) is 9.36 Å². The van der Waals surface area contributed by atoms with E-state index in [4.69, 9.17) is 4.74 Å². The fourth-order valence-corrected chi connectivity index (χ4v) is 5.10. The number of nitrogens with zero attached hydrogens (tertiary/aromatic N) is 6. The van der Waals surface area contributed by atoms with Crippen molar-refractivity contribution in [1.29, 1.82) is 0 Å². The summed E-state index contributed by atoms with van der Waals surface area (Å²) in [5.74, 6) is 0.736. The van der Waals surface area contributed by atoms with Gasteiger partial charge < -0.3 is 19.5 Å². The monoisotopic (exact) mass is 477 g/mol. The molecule has 1 saturated heterocycles. The zero-order valence-electron chi connectivity index (χ0n) is 20.6. The number of amides is 1. The molecule has 1 aromatic carbocycles. The summed E-state index contributed by atoms with van der Waals surface area (Å²) in [5, 5.41) is 4.28. The maximum absolute atomic E-state index is 13.1. The normalized spacial score (nSPS) is 16.5. The number of nitrogens with one attached hydrogen (secondary N) is 1. The summed E-state index contributed by atoms with van der Waals surface area (Å²) in [4.78, 5) is 36.9. The smallest absolute Gasteiger partial charge is 0.326 e. The molecular weight excluding hydrogens is 446 g/mol. The predicted molar refractivity (Wildman–Crippen MR) is 134 cm³/mol. The van der Waals surface area contributed by atoms with E-state index in [0.29, 0.717) is 24.5 Å². The zero-order chi connectivity index (χ0) is 24.7. The molecule has 0 saturated carbocycles.